The Morgan fingerprint density at radius 2 is 2.20 bits per heavy atom. The van der Waals surface area contributed by atoms with E-state index in [0.29, 0.717) is 11.1 Å². The number of nitro benzene ring substituents is 1. The summed E-state index contributed by atoms with van der Waals surface area (Å²) in [4.78, 5) is 26.1. The maximum atomic E-state index is 11.9. The Morgan fingerprint density at radius 3 is 2.90 bits per heavy atom. The average Bonchev–Trinajstić information content (AvgIpc) is 2.47. The number of hydrogen-bond donors (Lipinski definition) is 0. The van der Waals surface area contributed by atoms with Crippen molar-refractivity contribution in [2.45, 2.75) is 6.92 Å². The van der Waals surface area contributed by atoms with E-state index in [1.807, 2.05) is 0 Å². The lowest BCUT2D eigenvalue weighted by Gasteiger charge is -2.08. The molecule has 0 N–H and O–H groups in total. The molecule has 102 valence electrons. The molecule has 1 aromatic heterocycles. The first-order valence-electron chi connectivity index (χ1n) is 5.99. The molecule has 0 aliphatic heterocycles. The summed E-state index contributed by atoms with van der Waals surface area (Å²) in [5.41, 5.74) is 1.38. The van der Waals surface area contributed by atoms with E-state index in [1.165, 1.54) is 24.5 Å². The highest BCUT2D eigenvalue weighted by Crippen LogP contribution is 2.26. The van der Waals surface area contributed by atoms with Crippen molar-refractivity contribution in [3.63, 3.8) is 0 Å². The summed E-state index contributed by atoms with van der Waals surface area (Å²) < 4.78 is 4.95. The molecule has 0 bridgehead atoms. The largest absolute Gasteiger partial charge is 0.462 e. The predicted octanol–water partition coefficient (Wildman–Crippen LogP) is 2.83. The monoisotopic (exact) mass is 272 g/mol. The molecule has 0 radical (unpaired) electrons. The number of carbonyl (C=O) groups excluding carboxylic acids is 1. The van der Waals surface area contributed by atoms with Gasteiger partial charge in [0.25, 0.3) is 5.69 Å². The van der Waals surface area contributed by atoms with Gasteiger partial charge in [-0.25, -0.2) is 4.79 Å². The highest BCUT2D eigenvalue weighted by atomic mass is 16.6. The van der Waals surface area contributed by atoms with Crippen LogP contribution in [0.3, 0.4) is 0 Å². The van der Waals surface area contributed by atoms with Crippen LogP contribution in [0, 0.1) is 10.1 Å². The van der Waals surface area contributed by atoms with Gasteiger partial charge in [-0.3, -0.25) is 15.1 Å². The van der Waals surface area contributed by atoms with Crippen LogP contribution in [-0.4, -0.2) is 22.5 Å². The van der Waals surface area contributed by atoms with E-state index in [4.69, 9.17) is 4.74 Å². The van der Waals surface area contributed by atoms with Crippen molar-refractivity contribution in [3.05, 3.63) is 58.4 Å². The molecule has 1 heterocycles. The van der Waals surface area contributed by atoms with Crippen LogP contribution in [0.1, 0.15) is 17.3 Å². The van der Waals surface area contributed by atoms with Gasteiger partial charge in [-0.1, -0.05) is 12.1 Å². The standard InChI is InChI=1S/C14H12N2O4/c1-2-20-14(17)13-9-15-7-6-12(13)10-4-3-5-11(8-10)16(18)19/h3-9H,2H2,1H3. The lowest BCUT2D eigenvalue weighted by molar-refractivity contribution is -0.384. The Bertz CT molecular complexity index is 655. The van der Waals surface area contributed by atoms with Crippen LogP contribution in [0.25, 0.3) is 11.1 Å². The molecule has 20 heavy (non-hydrogen) atoms. The minimum absolute atomic E-state index is 0.0332. The van der Waals surface area contributed by atoms with Crippen LogP contribution >= 0.6 is 0 Å². The van der Waals surface area contributed by atoms with Crippen molar-refractivity contribution >= 4 is 11.7 Å². The van der Waals surface area contributed by atoms with Crippen molar-refractivity contribution in [1.82, 2.24) is 4.98 Å². The Labute approximate surface area is 115 Å². The topological polar surface area (TPSA) is 82.3 Å². The number of rotatable bonds is 4. The summed E-state index contributed by atoms with van der Waals surface area (Å²) in [7, 11) is 0. The van der Waals surface area contributed by atoms with Gasteiger partial charge in [0.15, 0.2) is 0 Å². The maximum absolute atomic E-state index is 11.9. The minimum atomic E-state index is -0.498. The smallest absolute Gasteiger partial charge is 0.340 e. The summed E-state index contributed by atoms with van der Waals surface area (Å²) in [5, 5.41) is 10.8. The highest BCUT2D eigenvalue weighted by molar-refractivity contribution is 5.97. The van der Waals surface area contributed by atoms with E-state index in [0.717, 1.165) is 0 Å². The first-order chi connectivity index (χ1) is 9.63. The molecule has 1 aromatic carbocycles. The zero-order valence-electron chi connectivity index (χ0n) is 10.8. The van der Waals surface area contributed by atoms with Crippen LogP contribution in [0.5, 0.6) is 0 Å². The Hall–Kier alpha value is -2.76. The number of esters is 1. The number of carbonyl (C=O) groups is 1. The molecule has 0 unspecified atom stereocenters. The molecule has 0 spiro atoms. The molecule has 0 aliphatic carbocycles. The van der Waals surface area contributed by atoms with Crippen LogP contribution in [0.4, 0.5) is 5.69 Å². The molecule has 0 aliphatic rings. The lowest BCUT2D eigenvalue weighted by atomic mass is 10.0. The SMILES string of the molecule is CCOC(=O)c1cnccc1-c1cccc([N+](=O)[O-])c1. The van der Waals surface area contributed by atoms with Crippen LogP contribution < -0.4 is 0 Å². The van der Waals surface area contributed by atoms with Crippen LogP contribution in [0.15, 0.2) is 42.7 Å². The quantitative estimate of drug-likeness (QED) is 0.485. The van der Waals surface area contributed by atoms with E-state index in [9.17, 15) is 14.9 Å². The van der Waals surface area contributed by atoms with Gasteiger partial charge < -0.3 is 4.74 Å². The maximum Gasteiger partial charge on any atom is 0.340 e. The number of pyridine rings is 1. The summed E-state index contributed by atoms with van der Waals surface area (Å²) in [6, 6.07) is 7.71. The molecule has 2 rings (SSSR count). The van der Waals surface area contributed by atoms with E-state index in [-0.39, 0.29) is 17.9 Å². The van der Waals surface area contributed by atoms with Crippen molar-refractivity contribution in [2.75, 3.05) is 6.61 Å². The second-order valence-electron chi connectivity index (χ2n) is 3.95. The van der Waals surface area contributed by atoms with Gasteiger partial charge in [0.1, 0.15) is 0 Å². The van der Waals surface area contributed by atoms with Crippen LogP contribution in [-0.2, 0) is 4.74 Å². The second-order valence-corrected chi connectivity index (χ2v) is 3.95. The number of ether oxygens (including phenoxy) is 1. The first kappa shape index (κ1) is 13.7. The fourth-order valence-electron chi connectivity index (χ4n) is 1.80. The number of nitrogens with zero attached hydrogens (tertiary/aromatic N) is 2. The first-order valence-corrected chi connectivity index (χ1v) is 5.99. The van der Waals surface area contributed by atoms with Gasteiger partial charge in [0.05, 0.1) is 17.1 Å². The lowest BCUT2D eigenvalue weighted by Crippen LogP contribution is -2.07. The van der Waals surface area contributed by atoms with Gasteiger partial charge in [-0.05, 0) is 24.1 Å². The number of non-ortho nitro benzene ring substituents is 1. The molecule has 0 amide bonds. The van der Waals surface area contributed by atoms with Gasteiger partial charge in [0.2, 0.25) is 0 Å². The normalized spacial score (nSPS) is 10.1. The van der Waals surface area contributed by atoms with Crippen LogP contribution in [0.2, 0.25) is 0 Å². The molecule has 0 saturated carbocycles. The van der Waals surface area contributed by atoms with Crippen molar-refractivity contribution in [1.29, 1.82) is 0 Å². The summed E-state index contributed by atoms with van der Waals surface area (Å²) in [6.45, 7) is 1.96. The third kappa shape index (κ3) is 2.80. The molecular weight excluding hydrogens is 260 g/mol. The van der Waals surface area contributed by atoms with E-state index < -0.39 is 10.9 Å². The number of benzene rings is 1. The molecule has 0 saturated heterocycles. The Morgan fingerprint density at radius 1 is 1.40 bits per heavy atom. The zero-order valence-corrected chi connectivity index (χ0v) is 10.8. The van der Waals surface area contributed by atoms with E-state index in [1.54, 1.807) is 25.1 Å². The summed E-state index contributed by atoms with van der Waals surface area (Å²) >= 11 is 0. The summed E-state index contributed by atoms with van der Waals surface area (Å²) in [6.07, 6.45) is 2.92. The molecule has 0 atom stereocenters. The van der Waals surface area contributed by atoms with Gasteiger partial charge >= 0.3 is 5.97 Å². The molecule has 6 nitrogen and oxygen atoms in total. The molecular formula is C14H12N2O4. The Balaban J connectivity index is 2.50. The van der Waals surface area contributed by atoms with Gasteiger partial charge in [-0.2, -0.15) is 0 Å². The van der Waals surface area contributed by atoms with Gasteiger partial charge in [0, 0.05) is 24.5 Å². The second kappa shape index (κ2) is 5.92. The van der Waals surface area contributed by atoms with Gasteiger partial charge in [-0.15, -0.1) is 0 Å². The molecule has 6 heteroatoms. The number of nitro groups is 1. The number of aromatic nitrogens is 1. The summed E-state index contributed by atoms with van der Waals surface area (Å²) in [5.74, 6) is -0.498. The molecule has 2 aromatic rings. The Kier molecular flexibility index (Phi) is 4.05. The molecule has 0 fully saturated rings. The predicted molar refractivity (Wildman–Crippen MR) is 72.3 cm³/mol. The zero-order chi connectivity index (χ0) is 14.5. The van der Waals surface area contributed by atoms with Crippen molar-refractivity contribution in [3.8, 4) is 11.1 Å². The average molecular weight is 272 g/mol. The fourth-order valence-corrected chi connectivity index (χ4v) is 1.80. The number of hydrogen-bond acceptors (Lipinski definition) is 5. The third-order valence-electron chi connectivity index (χ3n) is 2.68. The van der Waals surface area contributed by atoms with Crippen molar-refractivity contribution < 1.29 is 14.5 Å². The fraction of sp³-hybridized carbons (Fsp3) is 0.143. The third-order valence-corrected chi connectivity index (χ3v) is 2.68. The highest BCUT2D eigenvalue weighted by Gasteiger charge is 2.15. The van der Waals surface area contributed by atoms with E-state index in [2.05, 4.69) is 4.98 Å². The minimum Gasteiger partial charge on any atom is -0.462 e. The van der Waals surface area contributed by atoms with Crippen molar-refractivity contribution in [2.24, 2.45) is 0 Å². The van der Waals surface area contributed by atoms with E-state index >= 15 is 0 Å².